The number of nitrogens with zero attached hydrogens (tertiary/aromatic N) is 1. The van der Waals surface area contributed by atoms with E-state index in [0.717, 1.165) is 19.6 Å². The van der Waals surface area contributed by atoms with E-state index in [1.807, 2.05) is 0 Å². The second-order valence-electron chi connectivity index (χ2n) is 4.67. The SMILES string of the molecule is OCc1ccc(OCCN2CCCCC2)c(F)c1. The van der Waals surface area contributed by atoms with Crippen molar-refractivity contribution in [3.63, 3.8) is 0 Å². The van der Waals surface area contributed by atoms with Gasteiger partial charge in [0, 0.05) is 6.54 Å². The van der Waals surface area contributed by atoms with E-state index in [0.29, 0.717) is 12.2 Å². The summed E-state index contributed by atoms with van der Waals surface area (Å²) in [7, 11) is 0. The molecule has 3 nitrogen and oxygen atoms in total. The average Bonchev–Trinajstić information content (AvgIpc) is 2.42. The summed E-state index contributed by atoms with van der Waals surface area (Å²) in [5.74, 6) is -0.135. The van der Waals surface area contributed by atoms with Crippen LogP contribution < -0.4 is 4.74 Å². The van der Waals surface area contributed by atoms with Crippen LogP contribution in [0, 0.1) is 5.82 Å². The molecule has 100 valence electrons. The Bertz CT molecular complexity index is 378. The van der Waals surface area contributed by atoms with Crippen molar-refractivity contribution in [2.24, 2.45) is 0 Å². The van der Waals surface area contributed by atoms with Crippen molar-refractivity contribution in [3.8, 4) is 5.75 Å². The van der Waals surface area contributed by atoms with Crippen LogP contribution in [0.5, 0.6) is 5.75 Å². The van der Waals surface area contributed by atoms with Crippen molar-refractivity contribution < 1.29 is 14.2 Å². The highest BCUT2D eigenvalue weighted by Gasteiger charge is 2.10. The summed E-state index contributed by atoms with van der Waals surface area (Å²) in [5.41, 5.74) is 0.566. The second-order valence-corrected chi connectivity index (χ2v) is 4.67. The fourth-order valence-electron chi connectivity index (χ4n) is 2.23. The van der Waals surface area contributed by atoms with Gasteiger partial charge in [-0.15, -0.1) is 0 Å². The molecule has 1 aromatic carbocycles. The summed E-state index contributed by atoms with van der Waals surface area (Å²) < 4.78 is 19.0. The molecule has 4 heteroatoms. The van der Waals surface area contributed by atoms with E-state index in [1.165, 1.54) is 25.3 Å². The third kappa shape index (κ3) is 3.68. The van der Waals surface area contributed by atoms with Crippen LogP contribution in [-0.4, -0.2) is 36.2 Å². The Labute approximate surface area is 107 Å². The third-order valence-corrected chi connectivity index (χ3v) is 3.29. The van der Waals surface area contributed by atoms with Crippen LogP contribution in [0.15, 0.2) is 18.2 Å². The van der Waals surface area contributed by atoms with Gasteiger partial charge in [0.25, 0.3) is 0 Å². The van der Waals surface area contributed by atoms with Crippen LogP contribution in [0.3, 0.4) is 0 Å². The number of benzene rings is 1. The van der Waals surface area contributed by atoms with Gasteiger partial charge in [-0.05, 0) is 43.6 Å². The van der Waals surface area contributed by atoms with Gasteiger partial charge in [-0.25, -0.2) is 4.39 Å². The number of aliphatic hydroxyl groups is 1. The molecule has 0 bridgehead atoms. The summed E-state index contributed by atoms with van der Waals surface area (Å²) in [5, 5.41) is 8.89. The van der Waals surface area contributed by atoms with Gasteiger partial charge < -0.3 is 9.84 Å². The molecule has 0 aliphatic carbocycles. The largest absolute Gasteiger partial charge is 0.489 e. The number of hydrogen-bond acceptors (Lipinski definition) is 3. The fraction of sp³-hybridized carbons (Fsp3) is 0.571. The van der Waals surface area contributed by atoms with Crippen LogP contribution in [0.1, 0.15) is 24.8 Å². The number of aliphatic hydroxyl groups excluding tert-OH is 1. The van der Waals surface area contributed by atoms with Crippen molar-refractivity contribution in [1.29, 1.82) is 0 Å². The number of ether oxygens (including phenoxy) is 1. The van der Waals surface area contributed by atoms with Gasteiger partial charge in [0.15, 0.2) is 11.6 Å². The van der Waals surface area contributed by atoms with Crippen molar-refractivity contribution >= 4 is 0 Å². The molecule has 2 rings (SSSR count). The molecular formula is C14H20FNO2. The minimum Gasteiger partial charge on any atom is -0.489 e. The monoisotopic (exact) mass is 253 g/mol. The summed E-state index contributed by atoms with van der Waals surface area (Å²) in [4.78, 5) is 2.35. The minimum atomic E-state index is -0.403. The third-order valence-electron chi connectivity index (χ3n) is 3.29. The molecule has 0 atom stereocenters. The first-order chi connectivity index (χ1) is 8.79. The highest BCUT2D eigenvalue weighted by molar-refractivity contribution is 5.28. The van der Waals surface area contributed by atoms with Crippen LogP contribution in [0.2, 0.25) is 0 Å². The molecule has 0 aromatic heterocycles. The van der Waals surface area contributed by atoms with E-state index >= 15 is 0 Å². The van der Waals surface area contributed by atoms with E-state index in [1.54, 1.807) is 12.1 Å². The van der Waals surface area contributed by atoms with Crippen LogP contribution >= 0.6 is 0 Å². The summed E-state index contributed by atoms with van der Waals surface area (Å²) in [6, 6.07) is 4.58. The summed E-state index contributed by atoms with van der Waals surface area (Å²) >= 11 is 0. The summed E-state index contributed by atoms with van der Waals surface area (Å²) in [6.07, 6.45) is 3.81. The van der Waals surface area contributed by atoms with Gasteiger partial charge in [-0.3, -0.25) is 4.90 Å². The highest BCUT2D eigenvalue weighted by atomic mass is 19.1. The van der Waals surface area contributed by atoms with Gasteiger partial charge in [0.2, 0.25) is 0 Å². The quantitative estimate of drug-likeness (QED) is 0.873. The van der Waals surface area contributed by atoms with Crippen molar-refractivity contribution in [2.45, 2.75) is 25.9 Å². The Hall–Kier alpha value is -1.13. The van der Waals surface area contributed by atoms with Crippen LogP contribution in [-0.2, 0) is 6.61 Å². The first-order valence-electron chi connectivity index (χ1n) is 6.54. The lowest BCUT2D eigenvalue weighted by atomic mass is 10.1. The van der Waals surface area contributed by atoms with Crippen molar-refractivity contribution in [2.75, 3.05) is 26.2 Å². The predicted molar refractivity (Wildman–Crippen MR) is 68.1 cm³/mol. The molecule has 1 fully saturated rings. The Kier molecular flexibility index (Phi) is 4.96. The van der Waals surface area contributed by atoms with E-state index in [2.05, 4.69) is 4.90 Å². The molecule has 18 heavy (non-hydrogen) atoms. The van der Waals surface area contributed by atoms with E-state index < -0.39 is 5.82 Å². The molecule has 0 unspecified atom stereocenters. The summed E-state index contributed by atoms with van der Waals surface area (Å²) in [6.45, 7) is 3.45. The van der Waals surface area contributed by atoms with Gasteiger partial charge in [0.05, 0.1) is 6.61 Å². The number of piperidine rings is 1. The van der Waals surface area contributed by atoms with Gasteiger partial charge in [0.1, 0.15) is 6.61 Å². The van der Waals surface area contributed by atoms with Crippen LogP contribution in [0.4, 0.5) is 4.39 Å². The lowest BCUT2D eigenvalue weighted by Crippen LogP contribution is -2.33. The number of halogens is 1. The molecule has 1 aliphatic heterocycles. The molecule has 0 spiro atoms. The molecule has 1 aliphatic rings. The molecular weight excluding hydrogens is 233 g/mol. The highest BCUT2D eigenvalue weighted by Crippen LogP contribution is 2.18. The Morgan fingerprint density at radius 3 is 2.67 bits per heavy atom. The molecule has 1 heterocycles. The number of likely N-dealkylation sites (tertiary alicyclic amines) is 1. The van der Waals surface area contributed by atoms with E-state index in [-0.39, 0.29) is 12.4 Å². The van der Waals surface area contributed by atoms with E-state index in [9.17, 15) is 4.39 Å². The molecule has 0 amide bonds. The zero-order chi connectivity index (χ0) is 12.8. The Morgan fingerprint density at radius 2 is 2.00 bits per heavy atom. The first kappa shape index (κ1) is 13.3. The van der Waals surface area contributed by atoms with Gasteiger partial charge >= 0.3 is 0 Å². The normalized spacial score (nSPS) is 16.8. The Balaban J connectivity index is 1.79. The lowest BCUT2D eigenvalue weighted by Gasteiger charge is -2.26. The standard InChI is InChI=1S/C14H20FNO2/c15-13-10-12(11-17)4-5-14(13)18-9-8-16-6-2-1-3-7-16/h4-5,10,17H,1-3,6-9,11H2. The predicted octanol–water partition coefficient (Wildman–Crippen LogP) is 2.18. The maximum absolute atomic E-state index is 13.6. The second kappa shape index (κ2) is 6.71. The molecule has 1 saturated heterocycles. The Morgan fingerprint density at radius 1 is 1.22 bits per heavy atom. The zero-order valence-corrected chi connectivity index (χ0v) is 10.6. The fourth-order valence-corrected chi connectivity index (χ4v) is 2.23. The number of rotatable bonds is 5. The van der Waals surface area contributed by atoms with Crippen LogP contribution in [0.25, 0.3) is 0 Å². The zero-order valence-electron chi connectivity index (χ0n) is 10.6. The van der Waals surface area contributed by atoms with Gasteiger partial charge in [-0.1, -0.05) is 12.5 Å². The lowest BCUT2D eigenvalue weighted by molar-refractivity contribution is 0.180. The number of hydrogen-bond donors (Lipinski definition) is 1. The first-order valence-corrected chi connectivity index (χ1v) is 6.54. The van der Waals surface area contributed by atoms with Gasteiger partial charge in [-0.2, -0.15) is 0 Å². The average molecular weight is 253 g/mol. The minimum absolute atomic E-state index is 0.148. The molecule has 1 N–H and O–H groups in total. The molecule has 1 aromatic rings. The maximum atomic E-state index is 13.6. The molecule has 0 saturated carbocycles. The topological polar surface area (TPSA) is 32.7 Å². The van der Waals surface area contributed by atoms with E-state index in [4.69, 9.17) is 9.84 Å². The smallest absolute Gasteiger partial charge is 0.165 e. The maximum Gasteiger partial charge on any atom is 0.165 e. The van der Waals surface area contributed by atoms with Crippen molar-refractivity contribution in [1.82, 2.24) is 4.90 Å². The van der Waals surface area contributed by atoms with Crippen molar-refractivity contribution in [3.05, 3.63) is 29.6 Å². The molecule has 0 radical (unpaired) electrons.